The number of nitrogens with zero attached hydrogens (tertiary/aromatic N) is 1. The Hall–Kier alpha value is -2.38. The first-order valence-corrected chi connectivity index (χ1v) is 10.3. The van der Waals surface area contributed by atoms with Crippen LogP contribution in [0.2, 0.25) is 0 Å². The van der Waals surface area contributed by atoms with Crippen LogP contribution in [0, 0.1) is 0 Å². The molecule has 0 unspecified atom stereocenters. The van der Waals surface area contributed by atoms with Gasteiger partial charge in [0.25, 0.3) is 10.0 Å². The van der Waals surface area contributed by atoms with E-state index in [1.165, 1.54) is 29.4 Å². The minimum atomic E-state index is -4.04. The summed E-state index contributed by atoms with van der Waals surface area (Å²) in [6.07, 6.45) is 0.347. The number of phenols is 1. The predicted octanol–water partition coefficient (Wildman–Crippen LogP) is 2.66. The molecule has 2 aromatic rings. The second kappa shape index (κ2) is 6.98. The standard InChI is InChI=1S/C20H23NO5S/c1-4-14-5-7-18-15(9-14)10-20(24)12(2)21(18)27(25,26)16-6-8-19(23)17(11-16)13(3)22/h5-9,11-12,20,23-24H,4,10H2,1-3H3/t12-,20+/m0/s1. The number of rotatable bonds is 4. The number of hydrogen-bond donors (Lipinski definition) is 2. The molecule has 0 saturated carbocycles. The number of aryl methyl sites for hydroxylation is 1. The van der Waals surface area contributed by atoms with Gasteiger partial charge in [-0.1, -0.05) is 19.1 Å². The molecule has 0 spiro atoms. The number of fused-ring (bicyclic) bond motifs is 1. The van der Waals surface area contributed by atoms with Crippen molar-refractivity contribution in [1.29, 1.82) is 0 Å². The number of aliphatic hydroxyl groups is 1. The van der Waals surface area contributed by atoms with Crippen LogP contribution >= 0.6 is 0 Å². The van der Waals surface area contributed by atoms with Gasteiger partial charge in [-0.05, 0) is 55.7 Å². The number of aliphatic hydroxyl groups excluding tert-OH is 1. The smallest absolute Gasteiger partial charge is 0.264 e. The van der Waals surface area contributed by atoms with E-state index in [1.54, 1.807) is 13.0 Å². The number of hydrogen-bond acceptors (Lipinski definition) is 5. The van der Waals surface area contributed by atoms with E-state index in [4.69, 9.17) is 0 Å². The molecule has 0 radical (unpaired) electrons. The van der Waals surface area contributed by atoms with Crippen molar-refractivity contribution in [3.05, 3.63) is 53.1 Å². The Labute approximate surface area is 159 Å². The molecule has 1 aliphatic heterocycles. The summed E-state index contributed by atoms with van der Waals surface area (Å²) < 4.78 is 28.0. The van der Waals surface area contributed by atoms with E-state index in [0.717, 1.165) is 17.5 Å². The predicted molar refractivity (Wildman–Crippen MR) is 103 cm³/mol. The lowest BCUT2D eigenvalue weighted by molar-refractivity contribution is 0.101. The van der Waals surface area contributed by atoms with Gasteiger partial charge >= 0.3 is 0 Å². The monoisotopic (exact) mass is 389 g/mol. The van der Waals surface area contributed by atoms with Gasteiger partial charge in [0.1, 0.15) is 5.75 Å². The molecular weight excluding hydrogens is 366 g/mol. The highest BCUT2D eigenvalue weighted by atomic mass is 32.2. The summed E-state index contributed by atoms with van der Waals surface area (Å²) >= 11 is 0. The van der Waals surface area contributed by atoms with Gasteiger partial charge in [0.2, 0.25) is 0 Å². The van der Waals surface area contributed by atoms with E-state index < -0.39 is 28.0 Å². The Kier molecular flexibility index (Phi) is 5.01. The molecule has 1 heterocycles. The van der Waals surface area contributed by atoms with Gasteiger partial charge in [-0.2, -0.15) is 0 Å². The van der Waals surface area contributed by atoms with Crippen LogP contribution in [0.1, 0.15) is 42.3 Å². The van der Waals surface area contributed by atoms with Crippen LogP contribution in [0.15, 0.2) is 41.3 Å². The molecule has 2 aromatic carbocycles. The fraction of sp³-hybridized carbons (Fsp3) is 0.350. The second-order valence-corrected chi connectivity index (χ2v) is 8.68. The molecule has 0 fully saturated rings. The molecule has 0 aromatic heterocycles. The third-order valence-electron chi connectivity index (χ3n) is 5.05. The summed E-state index contributed by atoms with van der Waals surface area (Å²) in [5.41, 5.74) is 2.32. The van der Waals surface area contributed by atoms with E-state index in [9.17, 15) is 23.4 Å². The quantitative estimate of drug-likeness (QED) is 0.784. The van der Waals surface area contributed by atoms with Crippen LogP contribution in [0.3, 0.4) is 0 Å². The first kappa shape index (κ1) is 19.4. The fourth-order valence-corrected chi connectivity index (χ4v) is 5.18. The number of aromatic hydroxyl groups is 1. The molecule has 0 amide bonds. The SMILES string of the molecule is CCc1ccc2c(c1)C[C@@H](O)[C@H](C)N2S(=O)(=O)c1ccc(O)c(C(C)=O)c1. The Morgan fingerprint density at radius 3 is 2.56 bits per heavy atom. The molecule has 6 nitrogen and oxygen atoms in total. The lowest BCUT2D eigenvalue weighted by Crippen LogP contribution is -2.49. The average molecular weight is 389 g/mol. The number of ketones is 1. The number of Topliss-reactive ketones (excluding diaryl/α,β-unsaturated/α-hetero) is 1. The summed E-state index contributed by atoms with van der Waals surface area (Å²) in [6.45, 7) is 4.93. The highest BCUT2D eigenvalue weighted by molar-refractivity contribution is 7.92. The van der Waals surface area contributed by atoms with E-state index in [2.05, 4.69) is 0 Å². The Morgan fingerprint density at radius 1 is 1.22 bits per heavy atom. The van der Waals surface area contributed by atoms with E-state index in [1.807, 2.05) is 19.1 Å². The van der Waals surface area contributed by atoms with Gasteiger partial charge in [0.15, 0.2) is 5.78 Å². The number of benzene rings is 2. The highest BCUT2D eigenvalue weighted by Crippen LogP contribution is 2.37. The summed E-state index contributed by atoms with van der Waals surface area (Å²) in [5, 5.41) is 20.3. The van der Waals surface area contributed by atoms with E-state index in [-0.39, 0.29) is 16.2 Å². The third kappa shape index (κ3) is 3.33. The zero-order chi connectivity index (χ0) is 19.9. The molecule has 3 rings (SSSR count). The summed E-state index contributed by atoms with van der Waals surface area (Å²) in [5.74, 6) is -0.689. The molecule has 144 valence electrons. The lowest BCUT2D eigenvalue weighted by atomic mass is 9.94. The van der Waals surface area contributed by atoms with Gasteiger partial charge in [-0.15, -0.1) is 0 Å². The maximum absolute atomic E-state index is 13.4. The lowest BCUT2D eigenvalue weighted by Gasteiger charge is -2.39. The van der Waals surface area contributed by atoms with Crippen molar-refractivity contribution in [1.82, 2.24) is 0 Å². The van der Waals surface area contributed by atoms with Crippen molar-refractivity contribution >= 4 is 21.5 Å². The first-order chi connectivity index (χ1) is 12.7. The van der Waals surface area contributed by atoms with Crippen LogP contribution in [-0.4, -0.2) is 36.6 Å². The van der Waals surface area contributed by atoms with Gasteiger partial charge in [0, 0.05) is 6.42 Å². The van der Waals surface area contributed by atoms with Crippen molar-refractivity contribution in [3.63, 3.8) is 0 Å². The van der Waals surface area contributed by atoms with Crippen molar-refractivity contribution in [2.45, 2.75) is 50.7 Å². The molecule has 2 atom stereocenters. The average Bonchev–Trinajstić information content (AvgIpc) is 2.62. The van der Waals surface area contributed by atoms with Crippen molar-refractivity contribution < 1.29 is 23.4 Å². The number of anilines is 1. The summed E-state index contributed by atoms with van der Waals surface area (Å²) in [4.78, 5) is 11.6. The van der Waals surface area contributed by atoms with Crippen LogP contribution in [0.5, 0.6) is 5.75 Å². The number of carbonyl (C=O) groups is 1. The summed E-state index contributed by atoms with van der Waals surface area (Å²) in [6, 6.07) is 8.56. The summed E-state index contributed by atoms with van der Waals surface area (Å²) in [7, 11) is -4.04. The van der Waals surface area contributed by atoms with Gasteiger partial charge in [-0.25, -0.2) is 8.42 Å². The second-order valence-electron chi connectivity index (χ2n) is 6.86. The molecule has 0 aliphatic carbocycles. The molecular formula is C20H23NO5S. The Morgan fingerprint density at radius 2 is 1.93 bits per heavy atom. The largest absolute Gasteiger partial charge is 0.507 e. The Bertz CT molecular complexity index is 999. The molecule has 0 saturated heterocycles. The van der Waals surface area contributed by atoms with Crippen LogP contribution in [0.25, 0.3) is 0 Å². The molecule has 27 heavy (non-hydrogen) atoms. The highest BCUT2D eigenvalue weighted by Gasteiger charge is 2.38. The normalized spacial score (nSPS) is 19.6. The number of carbonyl (C=O) groups excluding carboxylic acids is 1. The first-order valence-electron chi connectivity index (χ1n) is 8.85. The van der Waals surface area contributed by atoms with Crippen LogP contribution in [-0.2, 0) is 22.9 Å². The minimum Gasteiger partial charge on any atom is -0.507 e. The van der Waals surface area contributed by atoms with Crippen molar-refractivity contribution in [2.75, 3.05) is 4.31 Å². The van der Waals surface area contributed by atoms with Gasteiger partial charge in [0.05, 0.1) is 28.3 Å². The van der Waals surface area contributed by atoms with Crippen LogP contribution in [0.4, 0.5) is 5.69 Å². The van der Waals surface area contributed by atoms with Crippen LogP contribution < -0.4 is 4.31 Å². The van der Waals surface area contributed by atoms with Gasteiger partial charge < -0.3 is 10.2 Å². The van der Waals surface area contributed by atoms with E-state index in [0.29, 0.717) is 12.1 Å². The fourth-order valence-electron chi connectivity index (χ4n) is 3.43. The van der Waals surface area contributed by atoms with E-state index >= 15 is 0 Å². The maximum Gasteiger partial charge on any atom is 0.264 e. The minimum absolute atomic E-state index is 0.0529. The Balaban J connectivity index is 2.17. The molecule has 0 bridgehead atoms. The van der Waals surface area contributed by atoms with Crippen molar-refractivity contribution in [3.8, 4) is 5.75 Å². The molecule has 7 heteroatoms. The zero-order valence-corrected chi connectivity index (χ0v) is 16.3. The maximum atomic E-state index is 13.4. The third-order valence-corrected chi connectivity index (χ3v) is 6.95. The molecule has 1 aliphatic rings. The number of phenolic OH excluding ortho intramolecular Hbond substituents is 1. The van der Waals surface area contributed by atoms with Gasteiger partial charge in [-0.3, -0.25) is 9.10 Å². The van der Waals surface area contributed by atoms with Crippen molar-refractivity contribution in [2.24, 2.45) is 0 Å². The number of sulfonamides is 1. The topological polar surface area (TPSA) is 94.9 Å². The zero-order valence-electron chi connectivity index (χ0n) is 15.5. The molecule has 2 N–H and O–H groups in total.